The minimum Gasteiger partial charge on any atom is -0.489 e. The number of nitrogens with zero attached hydrogens (tertiary/aromatic N) is 3. The van der Waals surface area contributed by atoms with E-state index in [2.05, 4.69) is 5.16 Å². The zero-order valence-corrected chi connectivity index (χ0v) is 19.0. The monoisotopic (exact) mass is 475 g/mol. The van der Waals surface area contributed by atoms with Crippen LogP contribution < -0.4 is 4.74 Å². The average Bonchev–Trinajstić information content (AvgIpc) is 3.18. The van der Waals surface area contributed by atoms with Crippen LogP contribution in [0.15, 0.2) is 64.0 Å². The highest BCUT2D eigenvalue weighted by Crippen LogP contribution is 2.23. The lowest BCUT2D eigenvalue weighted by Crippen LogP contribution is -2.50. The van der Waals surface area contributed by atoms with Gasteiger partial charge in [0.25, 0.3) is 5.91 Å². The van der Waals surface area contributed by atoms with Crippen LogP contribution in [0.2, 0.25) is 5.02 Å². The molecule has 0 aliphatic carbocycles. The standard InChI is InChI=1S/C22H22ClN3O5S/c1-16-20(15-30-18-7-5-6-17(23)14-18)21(24-31-16)22(27)25-10-12-26(13-11-25)32(28,29)19-8-3-2-4-9-19/h2-9,14H,10-13,15H2,1H3. The number of piperazine rings is 1. The molecule has 1 fully saturated rings. The summed E-state index contributed by atoms with van der Waals surface area (Å²) in [4.78, 5) is 14.9. The van der Waals surface area contributed by atoms with Crippen molar-refractivity contribution < 1.29 is 22.5 Å². The SMILES string of the molecule is Cc1onc(C(=O)N2CCN(S(=O)(=O)c3ccccc3)CC2)c1COc1cccc(Cl)c1. The Kier molecular flexibility index (Phi) is 6.50. The van der Waals surface area contributed by atoms with Crippen LogP contribution in [0.1, 0.15) is 21.8 Å². The quantitative estimate of drug-likeness (QED) is 0.542. The van der Waals surface area contributed by atoms with Crippen molar-refractivity contribution in [2.24, 2.45) is 0 Å². The molecule has 8 nitrogen and oxygen atoms in total. The Balaban J connectivity index is 1.43. The Hall–Kier alpha value is -2.88. The van der Waals surface area contributed by atoms with E-state index in [1.165, 1.54) is 4.31 Å². The van der Waals surface area contributed by atoms with E-state index in [4.69, 9.17) is 20.9 Å². The first-order chi connectivity index (χ1) is 15.4. The molecular formula is C22H22ClN3O5S. The van der Waals surface area contributed by atoms with Crippen LogP contribution in [-0.2, 0) is 16.6 Å². The number of benzene rings is 2. The van der Waals surface area contributed by atoms with Crippen LogP contribution in [-0.4, -0.2) is 54.9 Å². The van der Waals surface area contributed by atoms with E-state index in [1.54, 1.807) is 66.4 Å². The summed E-state index contributed by atoms with van der Waals surface area (Å²) in [5.74, 6) is 0.736. The molecule has 1 aliphatic rings. The molecule has 1 saturated heterocycles. The van der Waals surface area contributed by atoms with Gasteiger partial charge in [-0.25, -0.2) is 8.42 Å². The number of rotatable bonds is 6. The zero-order valence-electron chi connectivity index (χ0n) is 17.4. The summed E-state index contributed by atoms with van der Waals surface area (Å²) < 4.78 is 38.0. The first-order valence-corrected chi connectivity index (χ1v) is 11.9. The number of aromatic nitrogens is 1. The molecule has 168 valence electrons. The van der Waals surface area contributed by atoms with E-state index >= 15 is 0 Å². The third kappa shape index (κ3) is 4.64. The molecule has 10 heteroatoms. The maximum absolute atomic E-state index is 13.1. The van der Waals surface area contributed by atoms with Gasteiger partial charge in [-0.3, -0.25) is 4.79 Å². The predicted octanol–water partition coefficient (Wildman–Crippen LogP) is 3.36. The minimum absolute atomic E-state index is 0.0963. The number of hydrogen-bond acceptors (Lipinski definition) is 6. The van der Waals surface area contributed by atoms with Gasteiger partial charge >= 0.3 is 0 Å². The van der Waals surface area contributed by atoms with E-state index < -0.39 is 10.0 Å². The summed E-state index contributed by atoms with van der Waals surface area (Å²) in [5, 5.41) is 4.48. The van der Waals surface area contributed by atoms with E-state index in [1.807, 2.05) is 0 Å². The third-order valence-electron chi connectivity index (χ3n) is 5.27. The summed E-state index contributed by atoms with van der Waals surface area (Å²) >= 11 is 5.98. The van der Waals surface area contributed by atoms with Crippen molar-refractivity contribution in [3.8, 4) is 5.75 Å². The van der Waals surface area contributed by atoms with Gasteiger partial charge in [-0.1, -0.05) is 41.0 Å². The first kappa shape index (κ1) is 22.3. The fourth-order valence-corrected chi connectivity index (χ4v) is 5.09. The van der Waals surface area contributed by atoms with Gasteiger partial charge in [0.15, 0.2) is 5.69 Å². The molecule has 1 aromatic heterocycles. The lowest BCUT2D eigenvalue weighted by Gasteiger charge is -2.33. The highest BCUT2D eigenvalue weighted by molar-refractivity contribution is 7.89. The number of carbonyl (C=O) groups is 1. The lowest BCUT2D eigenvalue weighted by atomic mass is 10.1. The second-order valence-corrected chi connectivity index (χ2v) is 9.70. The average molecular weight is 476 g/mol. The molecular weight excluding hydrogens is 454 g/mol. The Morgan fingerprint density at radius 3 is 2.50 bits per heavy atom. The fraction of sp³-hybridized carbons (Fsp3) is 0.273. The molecule has 0 saturated carbocycles. The lowest BCUT2D eigenvalue weighted by molar-refractivity contribution is 0.0685. The number of amides is 1. The number of ether oxygens (including phenoxy) is 1. The molecule has 3 aromatic rings. The maximum Gasteiger partial charge on any atom is 0.276 e. The highest BCUT2D eigenvalue weighted by Gasteiger charge is 2.32. The summed E-state index contributed by atoms with van der Waals surface area (Å²) in [7, 11) is -3.59. The van der Waals surface area contributed by atoms with Crippen LogP contribution in [0.5, 0.6) is 5.75 Å². The first-order valence-electron chi connectivity index (χ1n) is 10.0. The summed E-state index contributed by atoms with van der Waals surface area (Å²) in [6, 6.07) is 15.2. The number of aryl methyl sites for hydroxylation is 1. The Labute approximate surface area is 191 Å². The van der Waals surface area contributed by atoms with Gasteiger partial charge in [-0.05, 0) is 37.3 Å². The molecule has 4 rings (SSSR count). The highest BCUT2D eigenvalue weighted by atomic mass is 35.5. The van der Waals surface area contributed by atoms with Crippen molar-refractivity contribution in [1.82, 2.24) is 14.4 Å². The minimum atomic E-state index is -3.59. The molecule has 1 amide bonds. The number of halogens is 1. The topological polar surface area (TPSA) is 93.0 Å². The molecule has 32 heavy (non-hydrogen) atoms. The van der Waals surface area contributed by atoms with Gasteiger partial charge in [0, 0.05) is 31.2 Å². The number of carbonyl (C=O) groups excluding carboxylic acids is 1. The van der Waals surface area contributed by atoms with Crippen molar-refractivity contribution in [1.29, 1.82) is 0 Å². The smallest absolute Gasteiger partial charge is 0.276 e. The second-order valence-electron chi connectivity index (χ2n) is 7.32. The summed E-state index contributed by atoms with van der Waals surface area (Å²) in [6.07, 6.45) is 0. The maximum atomic E-state index is 13.1. The Morgan fingerprint density at radius 2 is 1.81 bits per heavy atom. The molecule has 0 spiro atoms. The predicted molar refractivity (Wildman–Crippen MR) is 118 cm³/mol. The van der Waals surface area contributed by atoms with Gasteiger partial charge in [0.1, 0.15) is 18.1 Å². The molecule has 0 atom stereocenters. The summed E-state index contributed by atoms with van der Waals surface area (Å²) in [6.45, 7) is 2.73. The van der Waals surface area contributed by atoms with Crippen molar-refractivity contribution in [3.05, 3.63) is 76.6 Å². The van der Waals surface area contributed by atoms with Crippen molar-refractivity contribution in [3.63, 3.8) is 0 Å². The molecule has 1 aliphatic heterocycles. The molecule has 2 aromatic carbocycles. The normalized spacial score (nSPS) is 15.0. The molecule has 0 unspecified atom stereocenters. The molecule has 0 bridgehead atoms. The van der Waals surface area contributed by atoms with E-state index in [0.717, 1.165) is 0 Å². The third-order valence-corrected chi connectivity index (χ3v) is 7.42. The van der Waals surface area contributed by atoms with Crippen molar-refractivity contribution in [2.45, 2.75) is 18.4 Å². The number of sulfonamides is 1. The van der Waals surface area contributed by atoms with Gasteiger partial charge in [0.05, 0.1) is 10.5 Å². The fourth-order valence-electron chi connectivity index (χ4n) is 3.46. The van der Waals surface area contributed by atoms with E-state index in [9.17, 15) is 13.2 Å². The van der Waals surface area contributed by atoms with Crippen LogP contribution >= 0.6 is 11.6 Å². The number of hydrogen-bond donors (Lipinski definition) is 0. The van der Waals surface area contributed by atoms with Gasteiger partial charge in [-0.15, -0.1) is 0 Å². The Bertz CT molecular complexity index is 1210. The molecule has 2 heterocycles. The zero-order chi connectivity index (χ0) is 22.7. The van der Waals surface area contributed by atoms with Gasteiger partial charge in [-0.2, -0.15) is 4.31 Å². The van der Waals surface area contributed by atoms with Crippen LogP contribution in [0.4, 0.5) is 0 Å². The largest absolute Gasteiger partial charge is 0.489 e. The van der Waals surface area contributed by atoms with Crippen LogP contribution in [0.3, 0.4) is 0 Å². The Morgan fingerprint density at radius 1 is 1.09 bits per heavy atom. The van der Waals surface area contributed by atoms with Crippen LogP contribution in [0, 0.1) is 6.92 Å². The second kappa shape index (κ2) is 9.32. The molecule has 0 radical (unpaired) electrons. The van der Waals surface area contributed by atoms with Gasteiger partial charge < -0.3 is 14.2 Å². The molecule has 0 N–H and O–H groups in total. The van der Waals surface area contributed by atoms with E-state index in [0.29, 0.717) is 22.1 Å². The van der Waals surface area contributed by atoms with Crippen LogP contribution in [0.25, 0.3) is 0 Å². The summed E-state index contributed by atoms with van der Waals surface area (Å²) in [5.41, 5.74) is 0.721. The van der Waals surface area contributed by atoms with Crippen molar-refractivity contribution in [2.75, 3.05) is 26.2 Å². The van der Waals surface area contributed by atoms with Gasteiger partial charge in [0.2, 0.25) is 10.0 Å². The van der Waals surface area contributed by atoms with E-state index in [-0.39, 0.29) is 49.3 Å². The van der Waals surface area contributed by atoms with Crippen molar-refractivity contribution >= 4 is 27.5 Å².